The Bertz CT molecular complexity index is 427. The first kappa shape index (κ1) is 14.5. The van der Waals surface area contributed by atoms with Crippen molar-refractivity contribution in [1.82, 2.24) is 14.9 Å². The summed E-state index contributed by atoms with van der Waals surface area (Å²) in [6.07, 6.45) is 2.34. The van der Waals surface area contributed by atoms with Crippen molar-refractivity contribution in [2.75, 3.05) is 32.1 Å². The van der Waals surface area contributed by atoms with E-state index in [0.29, 0.717) is 17.1 Å². The fourth-order valence-corrected chi connectivity index (χ4v) is 2.62. The number of likely N-dealkylation sites (tertiary alicyclic amines) is 1. The van der Waals surface area contributed by atoms with Crippen molar-refractivity contribution in [3.05, 3.63) is 17.0 Å². The third-order valence-corrected chi connectivity index (χ3v) is 4.01. The highest BCUT2D eigenvalue weighted by atomic mass is 35.5. The normalized spacial score (nSPS) is 18.0. The summed E-state index contributed by atoms with van der Waals surface area (Å²) in [6.45, 7) is 6.46. The summed E-state index contributed by atoms with van der Waals surface area (Å²) >= 11 is 6.11. The van der Waals surface area contributed by atoms with Gasteiger partial charge in [0, 0.05) is 25.1 Å². The maximum Gasteiger partial charge on any atom is 0.135 e. The fourth-order valence-electron chi connectivity index (χ4n) is 2.43. The van der Waals surface area contributed by atoms with E-state index in [1.54, 1.807) is 0 Å². The number of piperidine rings is 1. The SMILES string of the molecule is CC(C)c1nc(Cl)cc(N(C)C2CCN(C)CC2)n1. The molecule has 0 bridgehead atoms. The molecule has 0 N–H and O–H groups in total. The lowest BCUT2D eigenvalue weighted by Gasteiger charge is -2.35. The van der Waals surface area contributed by atoms with E-state index in [2.05, 4.69) is 47.7 Å². The molecule has 1 aliphatic heterocycles. The van der Waals surface area contributed by atoms with Crippen LogP contribution in [-0.2, 0) is 0 Å². The molecular weight excluding hydrogens is 260 g/mol. The first-order valence-electron chi connectivity index (χ1n) is 6.93. The van der Waals surface area contributed by atoms with Crippen LogP contribution in [-0.4, -0.2) is 48.1 Å². The number of hydrogen-bond donors (Lipinski definition) is 0. The highest BCUT2D eigenvalue weighted by molar-refractivity contribution is 6.29. The van der Waals surface area contributed by atoms with Gasteiger partial charge in [-0.25, -0.2) is 9.97 Å². The van der Waals surface area contributed by atoms with Crippen molar-refractivity contribution in [3.8, 4) is 0 Å². The van der Waals surface area contributed by atoms with E-state index in [9.17, 15) is 0 Å². The zero-order chi connectivity index (χ0) is 14.0. The lowest BCUT2D eigenvalue weighted by Crippen LogP contribution is -2.42. The summed E-state index contributed by atoms with van der Waals surface area (Å²) in [5.41, 5.74) is 0. The lowest BCUT2D eigenvalue weighted by molar-refractivity contribution is 0.252. The number of anilines is 1. The van der Waals surface area contributed by atoms with Gasteiger partial charge in [-0.3, -0.25) is 0 Å². The van der Waals surface area contributed by atoms with Crippen LogP contribution < -0.4 is 4.90 Å². The molecule has 2 rings (SSSR count). The highest BCUT2D eigenvalue weighted by Crippen LogP contribution is 2.23. The van der Waals surface area contributed by atoms with Crippen molar-refractivity contribution >= 4 is 17.4 Å². The Labute approximate surface area is 120 Å². The predicted molar refractivity (Wildman–Crippen MR) is 80.1 cm³/mol. The van der Waals surface area contributed by atoms with Gasteiger partial charge in [-0.2, -0.15) is 0 Å². The number of nitrogens with zero attached hydrogens (tertiary/aromatic N) is 4. The van der Waals surface area contributed by atoms with Crippen molar-refractivity contribution < 1.29 is 0 Å². The van der Waals surface area contributed by atoms with Gasteiger partial charge in [0.05, 0.1) is 0 Å². The highest BCUT2D eigenvalue weighted by Gasteiger charge is 2.22. The molecule has 1 aromatic heterocycles. The Kier molecular flexibility index (Phi) is 4.63. The van der Waals surface area contributed by atoms with Crippen LogP contribution in [0.15, 0.2) is 6.07 Å². The maximum absolute atomic E-state index is 6.11. The predicted octanol–water partition coefficient (Wildman–Crippen LogP) is 2.78. The molecule has 106 valence electrons. The molecule has 0 aliphatic carbocycles. The van der Waals surface area contributed by atoms with E-state index in [4.69, 9.17) is 11.6 Å². The Morgan fingerprint density at radius 3 is 2.53 bits per heavy atom. The lowest BCUT2D eigenvalue weighted by atomic mass is 10.0. The molecule has 0 atom stereocenters. The molecule has 5 heteroatoms. The molecule has 2 heterocycles. The summed E-state index contributed by atoms with van der Waals surface area (Å²) < 4.78 is 0. The molecule has 1 aromatic rings. The number of aromatic nitrogens is 2. The molecule has 0 radical (unpaired) electrons. The second kappa shape index (κ2) is 6.06. The van der Waals surface area contributed by atoms with Crippen molar-refractivity contribution in [2.24, 2.45) is 0 Å². The van der Waals surface area contributed by atoms with Crippen molar-refractivity contribution in [1.29, 1.82) is 0 Å². The molecule has 0 saturated carbocycles. The van der Waals surface area contributed by atoms with E-state index in [0.717, 1.165) is 24.7 Å². The van der Waals surface area contributed by atoms with Crippen LogP contribution >= 0.6 is 11.6 Å². The molecule has 0 spiro atoms. The van der Waals surface area contributed by atoms with Crippen LogP contribution in [0.4, 0.5) is 5.82 Å². The topological polar surface area (TPSA) is 32.3 Å². The van der Waals surface area contributed by atoms with Crippen LogP contribution in [0, 0.1) is 0 Å². The van der Waals surface area contributed by atoms with Gasteiger partial charge in [0.1, 0.15) is 16.8 Å². The van der Waals surface area contributed by atoms with Gasteiger partial charge in [-0.15, -0.1) is 0 Å². The minimum atomic E-state index is 0.295. The van der Waals surface area contributed by atoms with Gasteiger partial charge < -0.3 is 9.80 Å². The van der Waals surface area contributed by atoms with Gasteiger partial charge in [0.2, 0.25) is 0 Å². The Balaban J connectivity index is 2.16. The minimum Gasteiger partial charge on any atom is -0.356 e. The van der Waals surface area contributed by atoms with Gasteiger partial charge >= 0.3 is 0 Å². The van der Waals surface area contributed by atoms with E-state index >= 15 is 0 Å². The van der Waals surface area contributed by atoms with Crippen molar-refractivity contribution in [2.45, 2.75) is 38.6 Å². The maximum atomic E-state index is 6.11. The second-order valence-electron chi connectivity index (χ2n) is 5.71. The molecule has 0 unspecified atom stereocenters. The average Bonchev–Trinajstić information content (AvgIpc) is 2.38. The Morgan fingerprint density at radius 1 is 1.32 bits per heavy atom. The van der Waals surface area contributed by atoms with Gasteiger partial charge in [-0.05, 0) is 33.0 Å². The van der Waals surface area contributed by atoms with Gasteiger partial charge in [-0.1, -0.05) is 25.4 Å². The van der Waals surface area contributed by atoms with E-state index in [1.165, 1.54) is 12.8 Å². The summed E-state index contributed by atoms with van der Waals surface area (Å²) in [6, 6.07) is 2.41. The monoisotopic (exact) mass is 282 g/mol. The van der Waals surface area contributed by atoms with E-state index in [-0.39, 0.29) is 0 Å². The quantitative estimate of drug-likeness (QED) is 0.798. The zero-order valence-electron chi connectivity index (χ0n) is 12.2. The van der Waals surface area contributed by atoms with E-state index in [1.807, 2.05) is 6.07 Å². The standard InChI is InChI=1S/C14H23ClN4/c1-10(2)14-16-12(15)9-13(17-14)19(4)11-5-7-18(3)8-6-11/h9-11H,5-8H2,1-4H3. The molecule has 4 nitrogen and oxygen atoms in total. The van der Waals surface area contributed by atoms with Crippen LogP contribution in [0.1, 0.15) is 38.4 Å². The third kappa shape index (κ3) is 3.57. The zero-order valence-corrected chi connectivity index (χ0v) is 13.0. The van der Waals surface area contributed by atoms with Gasteiger partial charge in [0.15, 0.2) is 0 Å². The summed E-state index contributed by atoms with van der Waals surface area (Å²) in [7, 11) is 4.29. The second-order valence-corrected chi connectivity index (χ2v) is 6.09. The first-order valence-corrected chi connectivity index (χ1v) is 7.31. The summed E-state index contributed by atoms with van der Waals surface area (Å²) in [5, 5.41) is 0.536. The number of hydrogen-bond acceptors (Lipinski definition) is 4. The molecule has 1 aliphatic rings. The molecular formula is C14H23ClN4. The van der Waals surface area contributed by atoms with Crippen LogP contribution in [0.25, 0.3) is 0 Å². The number of halogens is 1. The molecule has 1 fully saturated rings. The van der Waals surface area contributed by atoms with E-state index < -0.39 is 0 Å². The molecule has 1 saturated heterocycles. The van der Waals surface area contributed by atoms with Gasteiger partial charge in [0.25, 0.3) is 0 Å². The largest absolute Gasteiger partial charge is 0.356 e. The average molecular weight is 283 g/mol. The van der Waals surface area contributed by atoms with Crippen LogP contribution in [0.2, 0.25) is 5.15 Å². The minimum absolute atomic E-state index is 0.295. The van der Waals surface area contributed by atoms with Crippen LogP contribution in [0.5, 0.6) is 0 Å². The smallest absolute Gasteiger partial charge is 0.135 e. The summed E-state index contributed by atoms with van der Waals surface area (Å²) in [5.74, 6) is 2.06. The first-order chi connectivity index (χ1) is 8.97. The molecule has 19 heavy (non-hydrogen) atoms. The van der Waals surface area contributed by atoms with Crippen molar-refractivity contribution in [3.63, 3.8) is 0 Å². The summed E-state index contributed by atoms with van der Waals surface area (Å²) in [4.78, 5) is 13.6. The molecule has 0 amide bonds. The van der Waals surface area contributed by atoms with Crippen LogP contribution in [0.3, 0.4) is 0 Å². The fraction of sp³-hybridized carbons (Fsp3) is 0.714. The third-order valence-electron chi connectivity index (χ3n) is 3.81. The Hall–Kier alpha value is -0.870. The Morgan fingerprint density at radius 2 is 1.95 bits per heavy atom. The number of rotatable bonds is 3. The molecule has 0 aromatic carbocycles.